The molecule has 0 aliphatic carbocycles. The average molecular weight is 466 g/mol. The van der Waals surface area contributed by atoms with Gasteiger partial charge in [0.05, 0.1) is 0 Å². The van der Waals surface area contributed by atoms with Gasteiger partial charge in [0.25, 0.3) is 4.38 Å². The first-order valence-electron chi connectivity index (χ1n) is 9.69. The number of carbonyl (C=O) groups is 1. The third-order valence-electron chi connectivity index (χ3n) is 4.12. The predicted octanol–water partition coefficient (Wildman–Crippen LogP) is 5.16. The molecule has 0 unspecified atom stereocenters. The van der Waals surface area contributed by atoms with Crippen molar-refractivity contribution in [3.05, 3.63) is 34.7 Å². The number of aromatic hydroxyl groups is 1. The van der Waals surface area contributed by atoms with Gasteiger partial charge in [-0.25, -0.2) is 4.79 Å². The standard InChI is InChI=1S/C19H26N2O2S2.BF4/c1-4-20(5-2)12-9-13-21-18(23)17(25-19(21)24-6-3)14-15-10-7-8-11-16(15)22;2-1(3,4)5/h7-8,10-11,14H,4-6,9,12-13H2,1-3H3;/q;-1/p+1. The highest BCUT2D eigenvalue weighted by Crippen LogP contribution is 2.34. The van der Waals surface area contributed by atoms with Gasteiger partial charge >= 0.3 is 13.2 Å². The van der Waals surface area contributed by atoms with Crippen molar-refractivity contribution in [1.82, 2.24) is 4.90 Å². The number of rotatable bonds is 8. The molecule has 0 saturated heterocycles. The lowest BCUT2D eigenvalue weighted by Crippen LogP contribution is -2.28. The highest BCUT2D eigenvalue weighted by Gasteiger charge is 2.37. The first-order valence-corrected chi connectivity index (χ1v) is 11.5. The Morgan fingerprint density at radius 3 is 2.30 bits per heavy atom. The van der Waals surface area contributed by atoms with E-state index in [0.29, 0.717) is 10.5 Å². The second kappa shape index (κ2) is 13.1. The summed E-state index contributed by atoms with van der Waals surface area (Å²) in [4.78, 5) is 15.9. The summed E-state index contributed by atoms with van der Waals surface area (Å²) in [6.07, 6.45) is 2.76. The fraction of sp³-hybridized carbons (Fsp3) is 0.474. The van der Waals surface area contributed by atoms with Crippen molar-refractivity contribution in [2.24, 2.45) is 0 Å². The van der Waals surface area contributed by atoms with E-state index in [2.05, 4.69) is 25.7 Å². The Labute approximate surface area is 183 Å². The summed E-state index contributed by atoms with van der Waals surface area (Å²) < 4.78 is 41.9. The smallest absolute Gasteiger partial charge is 0.507 e. The van der Waals surface area contributed by atoms with Gasteiger partial charge in [-0.2, -0.15) is 0 Å². The minimum Gasteiger partial charge on any atom is -0.507 e. The van der Waals surface area contributed by atoms with Gasteiger partial charge < -0.3 is 27.3 Å². The van der Waals surface area contributed by atoms with E-state index in [4.69, 9.17) is 0 Å². The SMILES string of the molecule is CCSC1=[N+](CCCN(CC)CC)C(=O)/C(=C/c2ccccc2O)S1.F[B-](F)(F)F. The molecule has 0 aromatic heterocycles. The largest absolute Gasteiger partial charge is 0.673 e. The van der Waals surface area contributed by atoms with Gasteiger partial charge in [0, 0.05) is 24.3 Å². The van der Waals surface area contributed by atoms with Crippen LogP contribution in [0.25, 0.3) is 6.08 Å². The molecule has 1 aromatic rings. The van der Waals surface area contributed by atoms with E-state index in [1.54, 1.807) is 30.0 Å². The van der Waals surface area contributed by atoms with Gasteiger partial charge in [-0.1, -0.05) is 39.0 Å². The van der Waals surface area contributed by atoms with Crippen molar-refractivity contribution >= 4 is 47.1 Å². The van der Waals surface area contributed by atoms with Crippen molar-refractivity contribution in [1.29, 1.82) is 0 Å². The summed E-state index contributed by atoms with van der Waals surface area (Å²) in [5.74, 6) is 1.18. The Morgan fingerprint density at radius 2 is 1.77 bits per heavy atom. The molecule has 1 heterocycles. The van der Waals surface area contributed by atoms with Crippen LogP contribution in [0.2, 0.25) is 0 Å². The van der Waals surface area contributed by atoms with Crippen LogP contribution in [-0.4, -0.2) is 64.1 Å². The highest BCUT2D eigenvalue weighted by molar-refractivity contribution is 8.40. The summed E-state index contributed by atoms with van der Waals surface area (Å²) in [6.45, 7) is 10.3. The van der Waals surface area contributed by atoms with Crippen LogP contribution in [0.4, 0.5) is 17.3 Å². The quantitative estimate of drug-likeness (QED) is 0.248. The number of phenols is 1. The summed E-state index contributed by atoms with van der Waals surface area (Å²) in [6, 6.07) is 7.12. The molecule has 1 amide bonds. The lowest BCUT2D eigenvalue weighted by atomic mass is 10.2. The number of benzene rings is 1. The third-order valence-corrected chi connectivity index (χ3v) is 6.38. The molecule has 1 N–H and O–H groups in total. The number of nitrogens with zero attached hydrogens (tertiary/aromatic N) is 2. The first kappa shape index (κ1) is 26.6. The monoisotopic (exact) mass is 466 g/mol. The molecule has 0 fully saturated rings. The van der Waals surface area contributed by atoms with Crippen LogP contribution in [0.5, 0.6) is 5.75 Å². The van der Waals surface area contributed by atoms with Crippen molar-refractivity contribution in [2.45, 2.75) is 27.2 Å². The van der Waals surface area contributed by atoms with Crippen LogP contribution in [0.3, 0.4) is 0 Å². The van der Waals surface area contributed by atoms with Gasteiger partial charge in [0.15, 0.2) is 6.54 Å². The van der Waals surface area contributed by atoms with E-state index in [0.717, 1.165) is 42.7 Å². The topological polar surface area (TPSA) is 43.5 Å². The maximum atomic E-state index is 12.8. The first-order chi connectivity index (χ1) is 14.1. The van der Waals surface area contributed by atoms with E-state index in [-0.39, 0.29) is 11.7 Å². The molecule has 0 saturated carbocycles. The molecule has 4 nitrogen and oxygen atoms in total. The van der Waals surface area contributed by atoms with Crippen molar-refractivity contribution in [2.75, 3.05) is 31.9 Å². The van der Waals surface area contributed by atoms with Crippen molar-refractivity contribution < 1.29 is 31.7 Å². The number of hydrogen-bond acceptors (Lipinski definition) is 5. The van der Waals surface area contributed by atoms with Gasteiger partial charge in [-0.3, -0.25) is 0 Å². The Hall–Kier alpha value is -1.46. The molecule has 1 aliphatic rings. The maximum Gasteiger partial charge on any atom is 0.673 e. The fourth-order valence-corrected chi connectivity index (χ4v) is 4.96. The minimum atomic E-state index is -6.00. The number of phenolic OH excluding ortho intramolecular Hbond substituents is 1. The zero-order chi connectivity index (χ0) is 22.7. The predicted molar refractivity (Wildman–Crippen MR) is 120 cm³/mol. The van der Waals surface area contributed by atoms with Crippen LogP contribution < -0.4 is 0 Å². The molecule has 0 spiro atoms. The van der Waals surface area contributed by atoms with Crippen LogP contribution in [0.15, 0.2) is 29.2 Å². The molecule has 0 atom stereocenters. The lowest BCUT2D eigenvalue weighted by molar-refractivity contribution is -0.438. The zero-order valence-corrected chi connectivity index (χ0v) is 18.9. The summed E-state index contributed by atoms with van der Waals surface area (Å²) in [5.41, 5.74) is 0.684. The number of halogens is 4. The highest BCUT2D eigenvalue weighted by atomic mass is 32.2. The summed E-state index contributed by atoms with van der Waals surface area (Å²) in [5, 5.41) is 9.95. The number of thioether (sulfide) groups is 2. The van der Waals surface area contributed by atoms with Gasteiger partial charge in [0.2, 0.25) is 0 Å². The molecule has 0 bridgehead atoms. The van der Waals surface area contributed by atoms with Crippen LogP contribution >= 0.6 is 23.5 Å². The summed E-state index contributed by atoms with van der Waals surface area (Å²) >= 11 is 3.23. The van der Waals surface area contributed by atoms with E-state index in [9.17, 15) is 27.2 Å². The van der Waals surface area contributed by atoms with Crippen molar-refractivity contribution in [3.63, 3.8) is 0 Å². The third kappa shape index (κ3) is 9.57. The van der Waals surface area contributed by atoms with Crippen LogP contribution in [0, 0.1) is 0 Å². The molecule has 168 valence electrons. The molecule has 11 heteroatoms. The number of para-hydroxylation sites is 1. The Kier molecular flexibility index (Phi) is 11.6. The Bertz CT molecular complexity index is 763. The Morgan fingerprint density at radius 1 is 1.17 bits per heavy atom. The molecular weight excluding hydrogens is 439 g/mol. The van der Waals surface area contributed by atoms with Gasteiger partial charge in [0.1, 0.15) is 10.7 Å². The zero-order valence-electron chi connectivity index (χ0n) is 17.3. The second-order valence-electron chi connectivity index (χ2n) is 6.20. The fourth-order valence-electron chi connectivity index (χ4n) is 2.67. The number of amides is 1. The molecule has 1 aromatic carbocycles. The molecule has 2 rings (SSSR count). The van der Waals surface area contributed by atoms with E-state index < -0.39 is 7.25 Å². The van der Waals surface area contributed by atoms with E-state index in [1.165, 1.54) is 11.8 Å². The van der Waals surface area contributed by atoms with Gasteiger partial charge in [-0.05, 0) is 48.8 Å². The number of hydrogen-bond donors (Lipinski definition) is 1. The lowest BCUT2D eigenvalue weighted by Gasteiger charge is -2.16. The van der Waals surface area contributed by atoms with Crippen LogP contribution in [0.1, 0.15) is 32.8 Å². The average Bonchev–Trinajstić information content (AvgIpc) is 2.95. The summed E-state index contributed by atoms with van der Waals surface area (Å²) in [7, 11) is -6.00. The second-order valence-corrected chi connectivity index (χ2v) is 8.74. The molecular formula is C19H27BF4N2O2S2. The van der Waals surface area contributed by atoms with Gasteiger partial charge in [-0.15, -0.1) is 4.58 Å². The number of carbonyl (C=O) groups excluding carboxylic acids is 1. The minimum absolute atomic E-state index is 0.0451. The van der Waals surface area contributed by atoms with Crippen molar-refractivity contribution in [3.8, 4) is 5.75 Å². The molecule has 30 heavy (non-hydrogen) atoms. The normalized spacial score (nSPS) is 15.7. The Balaban J connectivity index is 0.000000804. The maximum absolute atomic E-state index is 12.8. The van der Waals surface area contributed by atoms with E-state index >= 15 is 0 Å². The van der Waals surface area contributed by atoms with E-state index in [1.807, 2.05) is 16.7 Å². The molecule has 0 radical (unpaired) electrons. The molecule has 1 aliphatic heterocycles. The van der Waals surface area contributed by atoms with Crippen LogP contribution in [-0.2, 0) is 4.79 Å².